The average Bonchev–Trinajstić information content (AvgIpc) is 3.24. The first-order valence-electron chi connectivity index (χ1n) is 13.8. The fourth-order valence-electron chi connectivity index (χ4n) is 6.65. The molecule has 0 aliphatic carbocycles. The van der Waals surface area contributed by atoms with E-state index in [0.717, 1.165) is 37.4 Å². The lowest BCUT2D eigenvalue weighted by atomic mass is 9.49. The Labute approximate surface area is 235 Å². The van der Waals surface area contributed by atoms with Crippen LogP contribution in [0.25, 0.3) is 0 Å². The highest BCUT2D eigenvalue weighted by atomic mass is 16.5. The number of nitrogens with one attached hydrogen (secondary N) is 1. The molecule has 2 fully saturated rings. The molecular weight excluding hydrogens is 487 g/mol. The van der Waals surface area contributed by atoms with Crippen molar-refractivity contribution < 1.29 is 23.9 Å². The van der Waals surface area contributed by atoms with Crippen LogP contribution in [0.1, 0.15) is 39.9 Å². The van der Waals surface area contributed by atoms with E-state index in [1.807, 2.05) is 12.1 Å². The van der Waals surface area contributed by atoms with Gasteiger partial charge in [-0.2, -0.15) is 0 Å². The highest BCUT2D eigenvalue weighted by Crippen LogP contribution is 2.34. The summed E-state index contributed by atoms with van der Waals surface area (Å²) in [5.41, 5.74) is 8.90. The van der Waals surface area contributed by atoms with Crippen molar-refractivity contribution in [2.75, 3.05) is 26.3 Å². The molecule has 196 valence electrons. The van der Waals surface area contributed by atoms with E-state index in [9.17, 15) is 14.4 Å². The van der Waals surface area contributed by atoms with E-state index < -0.39 is 11.9 Å². The van der Waals surface area contributed by atoms with Gasteiger partial charge in [0.05, 0.1) is 19.8 Å². The predicted molar refractivity (Wildman–Crippen MR) is 167 cm³/mol. The summed E-state index contributed by atoms with van der Waals surface area (Å²) in [5, 5.41) is 2.24. The van der Waals surface area contributed by atoms with Crippen LogP contribution in [0.15, 0.2) is 18.2 Å². The topological polar surface area (TPSA) is 88.2 Å². The standard InChI is InChI=1S/C25H33B6N3O5/c26-19-14(20(27)22(29)18(21(19)28)25(30,31)33-6-8-38-9-7-33)11-39-16-3-1-2-12-13(16)10-34(24(12)37)15-4-5-17(35)32-23(15)36/h1-3,15H,4-11,26-31H2,(H,32,35,36). The van der Waals surface area contributed by atoms with Crippen molar-refractivity contribution in [3.8, 4) is 5.75 Å². The summed E-state index contributed by atoms with van der Waals surface area (Å²) in [6.07, 6.45) is 0.570. The van der Waals surface area contributed by atoms with E-state index in [1.165, 1.54) is 27.4 Å². The largest absolute Gasteiger partial charge is 0.489 e. The zero-order valence-electron chi connectivity index (χ0n) is 23.9. The van der Waals surface area contributed by atoms with Crippen LogP contribution >= 0.6 is 0 Å². The van der Waals surface area contributed by atoms with Crippen molar-refractivity contribution in [2.24, 2.45) is 0 Å². The highest BCUT2D eigenvalue weighted by molar-refractivity contribution is 6.59. The highest BCUT2D eigenvalue weighted by Gasteiger charge is 2.40. The SMILES string of the molecule is Bc1c(B)c(C(B)(B)N2CCOCC2)c(B)c(B)c1COc1cccc2c1CN(C1CCC(=O)NC1=O)C2=O. The van der Waals surface area contributed by atoms with Crippen molar-refractivity contribution in [1.29, 1.82) is 0 Å². The minimum Gasteiger partial charge on any atom is -0.489 e. The third-order valence-electron chi connectivity index (χ3n) is 9.10. The minimum absolute atomic E-state index is 0.118. The number of nitrogens with zero attached hydrogens (tertiary/aromatic N) is 2. The molecule has 2 aromatic rings. The number of carbonyl (C=O) groups excluding carboxylic acids is 3. The zero-order chi connectivity index (χ0) is 28.1. The van der Waals surface area contributed by atoms with Gasteiger partial charge in [0.1, 0.15) is 65.5 Å². The van der Waals surface area contributed by atoms with Gasteiger partial charge >= 0.3 is 0 Å². The monoisotopic (exact) mass is 521 g/mol. The summed E-state index contributed by atoms with van der Waals surface area (Å²) in [4.78, 5) is 41.3. The number of piperidine rings is 1. The second-order valence-electron chi connectivity index (χ2n) is 11.5. The number of hydrogen-bond donors (Lipinski definition) is 1. The number of carbonyl (C=O) groups is 3. The molecule has 3 heterocycles. The van der Waals surface area contributed by atoms with Gasteiger partial charge in [0, 0.05) is 30.6 Å². The van der Waals surface area contributed by atoms with E-state index in [0.29, 0.717) is 30.9 Å². The van der Waals surface area contributed by atoms with Crippen LogP contribution in [-0.2, 0) is 32.8 Å². The molecule has 0 spiro atoms. The second-order valence-corrected chi connectivity index (χ2v) is 11.5. The van der Waals surface area contributed by atoms with Crippen molar-refractivity contribution in [2.45, 2.75) is 37.4 Å². The quantitative estimate of drug-likeness (QED) is 0.301. The normalized spacial score (nSPS) is 20.2. The first-order chi connectivity index (χ1) is 18.5. The van der Waals surface area contributed by atoms with Crippen LogP contribution in [0.4, 0.5) is 0 Å². The Morgan fingerprint density at radius 2 is 1.67 bits per heavy atom. The van der Waals surface area contributed by atoms with Crippen LogP contribution in [0.5, 0.6) is 5.75 Å². The summed E-state index contributed by atoms with van der Waals surface area (Å²) in [5.74, 6) is -0.242. The Morgan fingerprint density at radius 1 is 1.00 bits per heavy atom. The van der Waals surface area contributed by atoms with E-state index in [1.54, 1.807) is 11.0 Å². The van der Waals surface area contributed by atoms with Gasteiger partial charge in [-0.1, -0.05) is 33.5 Å². The molecule has 1 atom stereocenters. The molecule has 1 unspecified atom stereocenters. The van der Waals surface area contributed by atoms with Gasteiger partial charge in [0.15, 0.2) is 0 Å². The van der Waals surface area contributed by atoms with Gasteiger partial charge in [-0.05, 0) is 29.5 Å². The summed E-state index contributed by atoms with van der Waals surface area (Å²) < 4.78 is 12.0. The molecule has 1 N–H and O–H groups in total. The van der Waals surface area contributed by atoms with Gasteiger partial charge in [0.2, 0.25) is 11.8 Å². The lowest BCUT2D eigenvalue weighted by Crippen LogP contribution is -2.60. The number of rotatable bonds is 6. The first-order valence-corrected chi connectivity index (χ1v) is 13.8. The van der Waals surface area contributed by atoms with Gasteiger partial charge in [0.25, 0.3) is 5.91 Å². The third kappa shape index (κ3) is 4.86. The summed E-state index contributed by atoms with van der Waals surface area (Å²) in [6.45, 7) is 4.04. The molecule has 8 nitrogen and oxygen atoms in total. The number of morpholine rings is 1. The number of fused-ring (bicyclic) bond motifs is 1. The number of ether oxygens (including phenoxy) is 2. The molecule has 0 bridgehead atoms. The average molecular weight is 520 g/mol. The molecule has 39 heavy (non-hydrogen) atoms. The fourth-order valence-corrected chi connectivity index (χ4v) is 6.65. The van der Waals surface area contributed by atoms with Gasteiger partial charge in [-0.25, -0.2) is 0 Å². The first kappa shape index (κ1) is 27.7. The molecule has 0 saturated carbocycles. The van der Waals surface area contributed by atoms with Crippen molar-refractivity contribution in [1.82, 2.24) is 15.1 Å². The summed E-state index contributed by atoms with van der Waals surface area (Å²) in [7, 11) is 13.4. The van der Waals surface area contributed by atoms with E-state index in [2.05, 4.69) is 57.3 Å². The van der Waals surface area contributed by atoms with Gasteiger partial charge in [-0.3, -0.25) is 19.7 Å². The maximum absolute atomic E-state index is 13.2. The number of benzene rings is 2. The van der Waals surface area contributed by atoms with Crippen LogP contribution in [0, 0.1) is 0 Å². The number of amides is 3. The predicted octanol–water partition coefficient (Wildman–Crippen LogP) is -7.23. The molecule has 0 radical (unpaired) electrons. The smallest absolute Gasteiger partial charge is 0.255 e. The van der Waals surface area contributed by atoms with Crippen molar-refractivity contribution in [3.05, 3.63) is 40.5 Å². The van der Waals surface area contributed by atoms with Crippen molar-refractivity contribution >= 4 is 86.7 Å². The number of imide groups is 1. The van der Waals surface area contributed by atoms with Crippen LogP contribution in [-0.4, -0.2) is 107 Å². The molecular formula is C25H33B6N3O5. The maximum atomic E-state index is 13.2. The van der Waals surface area contributed by atoms with Crippen molar-refractivity contribution in [3.63, 3.8) is 0 Å². The summed E-state index contributed by atoms with van der Waals surface area (Å²) >= 11 is 0. The maximum Gasteiger partial charge on any atom is 0.255 e. The molecule has 5 rings (SSSR count). The van der Waals surface area contributed by atoms with Crippen LogP contribution in [0.3, 0.4) is 0 Å². The third-order valence-corrected chi connectivity index (χ3v) is 9.10. The molecule has 0 aromatic heterocycles. The van der Waals surface area contributed by atoms with E-state index in [4.69, 9.17) is 9.47 Å². The lowest BCUT2D eigenvalue weighted by molar-refractivity contribution is -0.136. The molecule has 2 saturated heterocycles. The molecule has 3 aliphatic rings. The number of hydrogen-bond acceptors (Lipinski definition) is 6. The Hall–Kier alpha value is -2.84. The molecule has 2 aromatic carbocycles. The fraction of sp³-hybridized carbons (Fsp3) is 0.400. The summed E-state index contributed by atoms with van der Waals surface area (Å²) in [6, 6.07) is 4.85. The Morgan fingerprint density at radius 3 is 2.31 bits per heavy atom. The Bertz CT molecular complexity index is 1340. The van der Waals surface area contributed by atoms with Gasteiger partial charge in [-0.15, -0.1) is 0 Å². The van der Waals surface area contributed by atoms with Crippen LogP contribution < -0.4 is 31.9 Å². The van der Waals surface area contributed by atoms with E-state index in [-0.39, 0.29) is 23.6 Å². The van der Waals surface area contributed by atoms with Gasteiger partial charge < -0.3 is 19.3 Å². The van der Waals surface area contributed by atoms with Crippen LogP contribution in [0.2, 0.25) is 0 Å². The zero-order valence-corrected chi connectivity index (χ0v) is 23.9. The minimum atomic E-state index is -0.646. The van der Waals surface area contributed by atoms with E-state index >= 15 is 0 Å². The second kappa shape index (κ2) is 10.6. The lowest BCUT2D eigenvalue weighted by Gasteiger charge is -2.44. The Balaban J connectivity index is 1.40. The molecule has 3 aliphatic heterocycles. The Kier molecular flexibility index (Phi) is 7.55. The molecule has 14 heteroatoms. The molecule has 3 amide bonds.